The van der Waals surface area contributed by atoms with Crippen LogP contribution in [0.2, 0.25) is 0 Å². The van der Waals surface area contributed by atoms with Crippen LogP contribution in [0.15, 0.2) is 47.8 Å². The number of anilines is 1. The van der Waals surface area contributed by atoms with Crippen LogP contribution in [0.25, 0.3) is 22.0 Å². The van der Waals surface area contributed by atoms with E-state index in [1.54, 1.807) is 31.5 Å². The Balaban J connectivity index is 1.47. The monoisotopic (exact) mass is 709 g/mol. The molecule has 0 radical (unpaired) electrons. The number of ketones is 1. The van der Waals surface area contributed by atoms with Crippen LogP contribution in [-0.4, -0.2) is 41.6 Å². The molecular weight excluding hydrogens is 682 g/mol. The second-order valence-electron chi connectivity index (χ2n) is 11.8. The molecule has 1 aliphatic rings. The number of aromatic nitrogens is 6. The molecule has 3 aromatic heterocycles. The highest BCUT2D eigenvalue weighted by Gasteiger charge is 2.55. The van der Waals surface area contributed by atoms with Gasteiger partial charge in [0.05, 0.1) is 16.8 Å². The zero-order valence-electron chi connectivity index (χ0n) is 25.8. The maximum Gasteiger partial charge on any atom is 0.290 e. The number of nitrogen functional groups attached to an aromatic ring is 1. The molecule has 3 heterocycles. The van der Waals surface area contributed by atoms with Gasteiger partial charge in [0.15, 0.2) is 16.8 Å². The van der Waals surface area contributed by atoms with E-state index in [1.165, 1.54) is 10.9 Å². The summed E-state index contributed by atoms with van der Waals surface area (Å²) in [7, 11) is 1.66. The fourth-order valence-corrected chi connectivity index (χ4v) is 6.75. The van der Waals surface area contributed by atoms with E-state index in [1.807, 2.05) is 0 Å². The molecule has 0 unspecified atom stereocenters. The predicted octanol–water partition coefficient (Wildman–Crippen LogP) is 7.71. The number of carbonyl (C=O) groups excluding carboxylic acids is 1. The van der Waals surface area contributed by atoms with E-state index in [4.69, 9.17) is 5.73 Å². The van der Waals surface area contributed by atoms with Gasteiger partial charge in [-0.25, -0.2) is 36.3 Å². The minimum Gasteiger partial charge on any atom is -0.382 e. The molecule has 0 aliphatic heterocycles. The molecule has 8 nitrogen and oxygen atoms in total. The van der Waals surface area contributed by atoms with Crippen LogP contribution in [-0.2, 0) is 36.7 Å². The number of thioether (sulfide) groups is 1. The lowest BCUT2D eigenvalue weighted by atomic mass is 9.86. The van der Waals surface area contributed by atoms with Crippen molar-refractivity contribution in [3.63, 3.8) is 0 Å². The maximum atomic E-state index is 15.0. The van der Waals surface area contributed by atoms with E-state index in [0.29, 0.717) is 28.1 Å². The third kappa shape index (κ3) is 6.47. The quantitative estimate of drug-likeness (QED) is 0.0900. The molecule has 0 bridgehead atoms. The smallest absolute Gasteiger partial charge is 0.290 e. The number of fused-ring (bicyclic) bond motifs is 2. The summed E-state index contributed by atoms with van der Waals surface area (Å²) >= 11 is 1.16. The lowest BCUT2D eigenvalue weighted by molar-refractivity contribution is -0.121. The Labute approximate surface area is 277 Å². The summed E-state index contributed by atoms with van der Waals surface area (Å²) in [6, 6.07) is 7.96. The zero-order valence-corrected chi connectivity index (χ0v) is 26.6. The molecule has 6 rings (SSSR count). The normalized spacial score (nSPS) is 15.9. The van der Waals surface area contributed by atoms with Crippen molar-refractivity contribution in [2.75, 3.05) is 12.0 Å². The highest BCUT2D eigenvalue weighted by molar-refractivity contribution is 7.98. The van der Waals surface area contributed by atoms with Gasteiger partial charge >= 0.3 is 0 Å². The van der Waals surface area contributed by atoms with Crippen LogP contribution in [0.5, 0.6) is 0 Å². The number of alkyl halides is 6. The van der Waals surface area contributed by atoms with E-state index in [9.17, 15) is 31.1 Å². The molecule has 0 saturated heterocycles. The van der Waals surface area contributed by atoms with Gasteiger partial charge < -0.3 is 5.73 Å². The van der Waals surface area contributed by atoms with Crippen molar-refractivity contribution >= 4 is 34.3 Å². The Morgan fingerprint density at radius 3 is 2.37 bits per heavy atom. The largest absolute Gasteiger partial charge is 0.382 e. The molecule has 5 aromatic rings. The van der Waals surface area contributed by atoms with Crippen LogP contribution in [0, 0.1) is 11.6 Å². The van der Waals surface area contributed by atoms with Crippen LogP contribution in [0.3, 0.4) is 0 Å². The van der Waals surface area contributed by atoms with Gasteiger partial charge in [0.2, 0.25) is 0 Å². The van der Waals surface area contributed by atoms with E-state index < -0.39 is 84.4 Å². The minimum atomic E-state index is -4.02. The number of nitrogens with two attached hydrogens (primary N) is 1. The summed E-state index contributed by atoms with van der Waals surface area (Å²) in [5, 5.41) is 8.52. The van der Waals surface area contributed by atoms with E-state index in [0.717, 1.165) is 23.9 Å². The summed E-state index contributed by atoms with van der Waals surface area (Å²) in [6.07, 6.45) is -3.87. The summed E-state index contributed by atoms with van der Waals surface area (Å²) in [5.41, 5.74) is 3.43. The van der Waals surface area contributed by atoms with Crippen LogP contribution in [0.1, 0.15) is 59.8 Å². The van der Waals surface area contributed by atoms with Gasteiger partial charge in [-0.3, -0.25) is 14.2 Å². The van der Waals surface area contributed by atoms with Gasteiger partial charge in [-0.1, -0.05) is 23.9 Å². The second kappa shape index (κ2) is 12.7. The average molecular weight is 710 g/mol. The number of nitrogens with zero attached hydrogens (tertiary/aromatic N) is 6. The Kier molecular flexibility index (Phi) is 8.92. The number of halogens is 8. The number of Topliss-reactive ketones (excluding diaryl/α,β-unsaturated/α-hetero) is 1. The molecule has 1 atom stereocenters. The van der Waals surface area contributed by atoms with Crippen molar-refractivity contribution in [3.05, 3.63) is 82.4 Å². The molecule has 49 heavy (non-hydrogen) atoms. The second-order valence-corrected chi connectivity index (χ2v) is 12.5. The van der Waals surface area contributed by atoms with Crippen molar-refractivity contribution in [1.82, 2.24) is 29.5 Å². The number of aryl methyl sites for hydroxylation is 1. The average Bonchev–Trinajstić information content (AvgIpc) is 3.57. The third-order valence-corrected chi connectivity index (χ3v) is 8.97. The van der Waals surface area contributed by atoms with Crippen LogP contribution < -0.4 is 5.73 Å². The van der Waals surface area contributed by atoms with Gasteiger partial charge in [0.25, 0.3) is 18.3 Å². The van der Waals surface area contributed by atoms with Gasteiger partial charge in [-0.15, -0.1) is 0 Å². The predicted molar refractivity (Wildman–Crippen MR) is 165 cm³/mol. The number of hydrogen-bond donors (Lipinski definition) is 1. The molecule has 0 saturated carbocycles. The first kappa shape index (κ1) is 34.3. The van der Waals surface area contributed by atoms with Gasteiger partial charge in [0, 0.05) is 61.0 Å². The van der Waals surface area contributed by atoms with Crippen LogP contribution in [0.4, 0.5) is 40.9 Å². The molecule has 2 N–H and O–H groups in total. The zero-order chi connectivity index (χ0) is 35.4. The number of para-hydroxylation sites is 1. The molecule has 17 heteroatoms. The summed E-state index contributed by atoms with van der Waals surface area (Å²) in [4.78, 5) is 22.8. The molecule has 0 amide bonds. The first-order valence-electron chi connectivity index (χ1n) is 14.8. The van der Waals surface area contributed by atoms with Crippen molar-refractivity contribution < 1.29 is 39.9 Å². The van der Waals surface area contributed by atoms with Crippen molar-refractivity contribution in [2.24, 2.45) is 7.05 Å². The maximum absolute atomic E-state index is 15.0. The fourth-order valence-electron chi connectivity index (χ4n) is 6.40. The summed E-state index contributed by atoms with van der Waals surface area (Å²) in [6.45, 7) is -1.06. The Hall–Kier alpha value is -4.54. The van der Waals surface area contributed by atoms with E-state index in [-0.39, 0.29) is 33.3 Å². The lowest BCUT2D eigenvalue weighted by Gasteiger charge is -2.29. The van der Waals surface area contributed by atoms with Crippen molar-refractivity contribution in [3.8, 4) is 11.1 Å². The highest BCUT2D eigenvalue weighted by Crippen LogP contribution is 2.52. The first-order valence-corrected chi connectivity index (χ1v) is 16.1. The summed E-state index contributed by atoms with van der Waals surface area (Å²) in [5.74, 6) is -11.4. The molecule has 1 aliphatic carbocycles. The standard InChI is InChI=1S/C32H27F8N7OS/c1-46-26-20(4-3-5-21(26)29(41)45-46)22-13-42-30(49-2)43-24(22)16(8-15-9-17(33)12-18(34)10-15)11-19(48)14-47-27-23(25(44-47)28(35)36)31(37,38)6-7-32(27,39)40/h3-5,9-10,12-13,16,28H,6-8,11,14H2,1-2H3,(H2,41,45)/t16-/m1/s1. The Morgan fingerprint density at radius 1 is 1.00 bits per heavy atom. The van der Waals surface area contributed by atoms with Gasteiger partial charge in [-0.05, 0) is 36.4 Å². The first-order chi connectivity index (χ1) is 23.1. The minimum absolute atomic E-state index is 0.121. The lowest BCUT2D eigenvalue weighted by Crippen LogP contribution is -2.33. The van der Waals surface area contributed by atoms with Gasteiger partial charge in [-0.2, -0.15) is 19.0 Å². The molecule has 0 fully saturated rings. The fraction of sp³-hybridized carbons (Fsp3) is 0.344. The third-order valence-electron chi connectivity index (χ3n) is 8.40. The molecule has 2 aromatic carbocycles. The number of carbonyl (C=O) groups is 1. The molecule has 258 valence electrons. The number of benzene rings is 2. The Bertz CT molecular complexity index is 2060. The van der Waals surface area contributed by atoms with E-state index >= 15 is 8.78 Å². The van der Waals surface area contributed by atoms with Crippen LogP contribution >= 0.6 is 11.8 Å². The SMILES string of the molecule is CSc1ncc(-c2cccc3c(N)nn(C)c23)c([C@@H](CC(=O)Cn2nc(C(F)F)c3c2C(F)(F)CCC3(F)F)Cc2cc(F)cc(F)c2)n1. The highest BCUT2D eigenvalue weighted by atomic mass is 32.2. The van der Waals surface area contributed by atoms with Crippen molar-refractivity contribution in [2.45, 2.75) is 61.6 Å². The summed E-state index contributed by atoms with van der Waals surface area (Å²) < 4.78 is 118. The molecular formula is C32H27F8N7OS. The number of rotatable bonds is 10. The van der Waals surface area contributed by atoms with Crippen molar-refractivity contribution in [1.29, 1.82) is 0 Å². The topological polar surface area (TPSA) is 105 Å². The van der Waals surface area contributed by atoms with E-state index in [2.05, 4.69) is 20.2 Å². The van der Waals surface area contributed by atoms with Gasteiger partial charge in [0.1, 0.15) is 29.6 Å². The molecule has 0 spiro atoms. The Morgan fingerprint density at radius 2 is 1.69 bits per heavy atom. The number of hydrogen-bond acceptors (Lipinski definition) is 7.